The zero-order chi connectivity index (χ0) is 21.5. The maximum absolute atomic E-state index is 13.8. The Morgan fingerprint density at radius 1 is 1.13 bits per heavy atom. The summed E-state index contributed by atoms with van der Waals surface area (Å²) in [7, 11) is 0. The van der Waals surface area contributed by atoms with E-state index in [0.29, 0.717) is 41.3 Å². The van der Waals surface area contributed by atoms with Gasteiger partial charge in [-0.25, -0.2) is 9.37 Å². The maximum atomic E-state index is 13.8. The van der Waals surface area contributed by atoms with Crippen LogP contribution in [0.1, 0.15) is 46.9 Å². The molecular formula is C23H24FN3O2S. The summed E-state index contributed by atoms with van der Waals surface area (Å²) in [6.07, 6.45) is 0.808. The molecular weight excluding hydrogens is 401 g/mol. The van der Waals surface area contributed by atoms with Crippen molar-refractivity contribution < 1.29 is 14.0 Å². The first-order valence-corrected chi connectivity index (χ1v) is 10.6. The van der Waals surface area contributed by atoms with Gasteiger partial charge in [0.15, 0.2) is 0 Å². The summed E-state index contributed by atoms with van der Waals surface area (Å²) in [5, 5.41) is 8.06. The third-order valence-corrected chi connectivity index (χ3v) is 5.19. The smallest absolute Gasteiger partial charge is 0.271 e. The van der Waals surface area contributed by atoms with E-state index in [1.165, 1.54) is 17.4 Å². The number of halogens is 1. The van der Waals surface area contributed by atoms with Crippen LogP contribution < -0.4 is 10.6 Å². The van der Waals surface area contributed by atoms with Crippen LogP contribution in [0.25, 0.3) is 0 Å². The van der Waals surface area contributed by atoms with Crippen LogP contribution in [0.3, 0.4) is 0 Å². The number of rotatable bonds is 8. The highest BCUT2D eigenvalue weighted by molar-refractivity contribution is 7.09. The number of nitrogens with one attached hydrogen (secondary N) is 2. The Morgan fingerprint density at radius 2 is 1.93 bits per heavy atom. The zero-order valence-corrected chi connectivity index (χ0v) is 17.8. The summed E-state index contributed by atoms with van der Waals surface area (Å²) in [5.74, 6) is -0.316. The molecule has 1 heterocycles. The highest BCUT2D eigenvalue weighted by atomic mass is 32.1. The molecule has 3 aromatic rings. The quantitative estimate of drug-likeness (QED) is 0.545. The molecule has 156 valence electrons. The lowest BCUT2D eigenvalue weighted by Crippen LogP contribution is -2.23. The number of carbonyl (C=O) groups excluding carboxylic acids is 2. The first-order valence-electron chi connectivity index (χ1n) is 9.75. The Hall–Kier alpha value is -3.06. The molecule has 0 unspecified atom stereocenters. The number of carbonyl (C=O) groups is 2. The van der Waals surface area contributed by atoms with Gasteiger partial charge in [-0.1, -0.05) is 44.2 Å². The monoisotopic (exact) mass is 425 g/mol. The minimum atomic E-state index is -0.291. The highest BCUT2D eigenvalue weighted by Gasteiger charge is 2.12. The van der Waals surface area contributed by atoms with Crippen LogP contribution in [0, 0.1) is 11.7 Å². The molecule has 2 aromatic carbocycles. The summed E-state index contributed by atoms with van der Waals surface area (Å²) in [5.41, 5.74) is 2.43. The van der Waals surface area contributed by atoms with Crippen LogP contribution in [0.2, 0.25) is 0 Å². The van der Waals surface area contributed by atoms with E-state index in [0.717, 1.165) is 5.56 Å². The Morgan fingerprint density at radius 3 is 2.70 bits per heavy atom. The standard InChI is InChI=1S/C23H24FN3O2S/c1-15(2)10-21(28)26-18-8-5-6-16(11-18)13-25-23(29)20-14-30-22(27-20)12-17-7-3-4-9-19(17)24/h3-9,11,14-15H,10,12-13H2,1-2H3,(H,25,29)(H,26,28). The van der Waals surface area contributed by atoms with Crippen molar-refractivity contribution in [1.82, 2.24) is 10.3 Å². The van der Waals surface area contributed by atoms with Crippen molar-refractivity contribution in [2.24, 2.45) is 5.92 Å². The normalized spacial score (nSPS) is 10.8. The van der Waals surface area contributed by atoms with Crippen molar-refractivity contribution in [2.75, 3.05) is 5.32 Å². The van der Waals surface area contributed by atoms with Gasteiger partial charge in [0.2, 0.25) is 5.91 Å². The molecule has 0 aliphatic rings. The fraction of sp³-hybridized carbons (Fsp3) is 0.261. The molecule has 0 aliphatic carbocycles. The summed E-state index contributed by atoms with van der Waals surface area (Å²) >= 11 is 1.33. The molecule has 5 nitrogen and oxygen atoms in total. The Bertz CT molecular complexity index is 1030. The Kier molecular flexibility index (Phi) is 7.30. The lowest BCUT2D eigenvalue weighted by molar-refractivity contribution is -0.116. The summed E-state index contributed by atoms with van der Waals surface area (Å²) in [4.78, 5) is 28.7. The molecule has 0 aliphatic heterocycles. The zero-order valence-electron chi connectivity index (χ0n) is 16.9. The van der Waals surface area contributed by atoms with Crippen LogP contribution >= 0.6 is 11.3 Å². The fourth-order valence-corrected chi connectivity index (χ4v) is 3.71. The molecule has 0 bridgehead atoms. The second kappa shape index (κ2) is 10.1. The average molecular weight is 426 g/mol. The fourth-order valence-electron chi connectivity index (χ4n) is 2.92. The number of amides is 2. The Balaban J connectivity index is 1.56. The predicted molar refractivity (Wildman–Crippen MR) is 117 cm³/mol. The van der Waals surface area contributed by atoms with Crippen molar-refractivity contribution in [3.05, 3.63) is 81.6 Å². The number of thiazole rings is 1. The third kappa shape index (κ3) is 6.22. The molecule has 0 saturated carbocycles. The van der Waals surface area contributed by atoms with E-state index in [1.807, 2.05) is 38.1 Å². The number of aromatic nitrogens is 1. The van der Waals surface area contributed by atoms with Crippen molar-refractivity contribution in [2.45, 2.75) is 33.2 Å². The van der Waals surface area contributed by atoms with Crippen LogP contribution in [0.15, 0.2) is 53.9 Å². The molecule has 2 N–H and O–H groups in total. The van der Waals surface area contributed by atoms with Crippen molar-refractivity contribution in [3.8, 4) is 0 Å². The van der Waals surface area contributed by atoms with E-state index in [9.17, 15) is 14.0 Å². The van der Waals surface area contributed by atoms with Gasteiger partial charge in [-0.3, -0.25) is 9.59 Å². The van der Waals surface area contributed by atoms with E-state index >= 15 is 0 Å². The largest absolute Gasteiger partial charge is 0.347 e. The summed E-state index contributed by atoms with van der Waals surface area (Å²) in [6.45, 7) is 4.30. The van der Waals surface area contributed by atoms with E-state index in [-0.39, 0.29) is 23.5 Å². The number of benzene rings is 2. The first-order chi connectivity index (χ1) is 14.4. The first kappa shape index (κ1) is 21.6. The number of hydrogen-bond acceptors (Lipinski definition) is 4. The van der Waals surface area contributed by atoms with Crippen LogP contribution in [0.4, 0.5) is 10.1 Å². The van der Waals surface area contributed by atoms with Gasteiger partial charge < -0.3 is 10.6 Å². The van der Waals surface area contributed by atoms with Gasteiger partial charge >= 0.3 is 0 Å². The second-order valence-corrected chi connectivity index (χ2v) is 8.37. The minimum absolute atomic E-state index is 0.0314. The van der Waals surface area contributed by atoms with E-state index in [4.69, 9.17) is 0 Å². The molecule has 0 fully saturated rings. The van der Waals surface area contributed by atoms with Gasteiger partial charge in [-0.2, -0.15) is 0 Å². The van der Waals surface area contributed by atoms with Gasteiger partial charge in [-0.05, 0) is 35.2 Å². The number of anilines is 1. The maximum Gasteiger partial charge on any atom is 0.271 e. The van der Waals surface area contributed by atoms with Crippen LogP contribution in [-0.2, 0) is 17.8 Å². The lowest BCUT2D eigenvalue weighted by atomic mass is 10.1. The van der Waals surface area contributed by atoms with Gasteiger partial charge in [0.25, 0.3) is 5.91 Å². The minimum Gasteiger partial charge on any atom is -0.347 e. The SMILES string of the molecule is CC(C)CC(=O)Nc1cccc(CNC(=O)c2csc(Cc3ccccc3F)n2)c1. The van der Waals surface area contributed by atoms with Crippen molar-refractivity contribution >= 4 is 28.8 Å². The lowest BCUT2D eigenvalue weighted by Gasteiger charge is -2.09. The van der Waals surface area contributed by atoms with Gasteiger partial charge in [-0.15, -0.1) is 11.3 Å². The third-order valence-electron chi connectivity index (χ3n) is 4.34. The van der Waals surface area contributed by atoms with Gasteiger partial charge in [0, 0.05) is 30.5 Å². The van der Waals surface area contributed by atoms with E-state index < -0.39 is 0 Å². The number of nitrogens with zero attached hydrogens (tertiary/aromatic N) is 1. The van der Waals surface area contributed by atoms with Gasteiger partial charge in [0.05, 0.1) is 5.01 Å². The molecule has 30 heavy (non-hydrogen) atoms. The van der Waals surface area contributed by atoms with Crippen molar-refractivity contribution in [1.29, 1.82) is 0 Å². The van der Waals surface area contributed by atoms with Crippen LogP contribution in [-0.4, -0.2) is 16.8 Å². The summed E-state index contributed by atoms with van der Waals surface area (Å²) < 4.78 is 13.8. The van der Waals surface area contributed by atoms with E-state index in [1.54, 1.807) is 23.6 Å². The molecule has 1 aromatic heterocycles. The van der Waals surface area contributed by atoms with Gasteiger partial charge in [0.1, 0.15) is 11.5 Å². The highest BCUT2D eigenvalue weighted by Crippen LogP contribution is 2.17. The predicted octanol–water partition coefficient (Wildman–Crippen LogP) is 4.79. The molecule has 0 radical (unpaired) electrons. The van der Waals surface area contributed by atoms with Crippen molar-refractivity contribution in [3.63, 3.8) is 0 Å². The molecule has 7 heteroatoms. The second-order valence-electron chi connectivity index (χ2n) is 7.42. The Labute approximate surface area is 179 Å². The average Bonchev–Trinajstić information content (AvgIpc) is 3.16. The molecule has 0 atom stereocenters. The molecule has 0 saturated heterocycles. The van der Waals surface area contributed by atoms with E-state index in [2.05, 4.69) is 15.6 Å². The summed E-state index contributed by atoms with van der Waals surface area (Å²) in [6, 6.07) is 13.9. The molecule has 2 amide bonds. The number of hydrogen-bond donors (Lipinski definition) is 2. The van der Waals surface area contributed by atoms with Crippen LogP contribution in [0.5, 0.6) is 0 Å². The molecule has 3 rings (SSSR count). The topological polar surface area (TPSA) is 71.1 Å². The molecule has 0 spiro atoms.